The fraction of sp³-hybridized carbons (Fsp3) is 0.385. The molecule has 0 amide bonds. The zero-order valence-electron chi connectivity index (χ0n) is 11.1. The van der Waals surface area contributed by atoms with Crippen LogP contribution in [-0.2, 0) is 16.4 Å². The minimum atomic E-state index is -3.12. The summed E-state index contributed by atoms with van der Waals surface area (Å²) in [5, 5.41) is 13.6. The van der Waals surface area contributed by atoms with Gasteiger partial charge in [-0.05, 0) is 12.5 Å². The van der Waals surface area contributed by atoms with Crippen molar-refractivity contribution >= 4 is 26.7 Å². The summed E-state index contributed by atoms with van der Waals surface area (Å²) in [5.74, 6) is -1.01. The normalized spacial score (nSPS) is 11.8. The molecule has 2 rings (SSSR count). The number of hydrogen-bond donors (Lipinski definition) is 1. The predicted octanol–water partition coefficient (Wildman–Crippen LogP) is 1.56. The molecule has 1 N–H and O–H groups in total. The van der Waals surface area contributed by atoms with Crippen LogP contribution in [0.4, 0.5) is 0 Å². The summed E-state index contributed by atoms with van der Waals surface area (Å²) in [4.78, 5) is 11.1. The highest BCUT2D eigenvalue weighted by Gasteiger charge is 2.17. The lowest BCUT2D eigenvalue weighted by atomic mass is 10.2. The number of fused-ring (bicyclic) bond motifs is 1. The molecule has 0 saturated heterocycles. The van der Waals surface area contributed by atoms with Gasteiger partial charge in [0.25, 0.3) is 0 Å². The van der Waals surface area contributed by atoms with E-state index < -0.39 is 15.8 Å². The number of rotatable bonds is 6. The van der Waals surface area contributed by atoms with Crippen molar-refractivity contribution in [3.05, 3.63) is 30.0 Å². The molecule has 20 heavy (non-hydrogen) atoms. The van der Waals surface area contributed by atoms with E-state index in [4.69, 9.17) is 5.11 Å². The maximum Gasteiger partial charge on any atom is 0.357 e. The van der Waals surface area contributed by atoms with E-state index in [-0.39, 0.29) is 23.7 Å². The summed E-state index contributed by atoms with van der Waals surface area (Å²) in [6.07, 6.45) is 0.572. The van der Waals surface area contributed by atoms with E-state index in [1.165, 1.54) is 4.68 Å². The van der Waals surface area contributed by atoms with Crippen LogP contribution in [0.15, 0.2) is 24.3 Å². The van der Waals surface area contributed by atoms with Gasteiger partial charge < -0.3 is 5.11 Å². The number of para-hydroxylation sites is 1. The van der Waals surface area contributed by atoms with Gasteiger partial charge in [0, 0.05) is 11.1 Å². The minimum absolute atomic E-state index is 0.0361. The first-order valence-electron chi connectivity index (χ1n) is 6.34. The molecule has 108 valence electrons. The second-order valence-corrected chi connectivity index (χ2v) is 6.85. The number of aromatic nitrogens is 2. The molecule has 0 spiro atoms. The molecule has 1 aromatic heterocycles. The summed E-state index contributed by atoms with van der Waals surface area (Å²) in [7, 11) is -3.12. The maximum absolute atomic E-state index is 11.7. The highest BCUT2D eigenvalue weighted by Crippen LogP contribution is 2.18. The predicted molar refractivity (Wildman–Crippen MR) is 75.6 cm³/mol. The van der Waals surface area contributed by atoms with Crippen LogP contribution in [0, 0.1) is 0 Å². The number of carbonyl (C=O) groups is 1. The van der Waals surface area contributed by atoms with E-state index >= 15 is 0 Å². The number of nitrogens with zero attached hydrogens (tertiary/aromatic N) is 2. The second-order valence-electron chi connectivity index (χ2n) is 4.55. The first-order chi connectivity index (χ1) is 9.44. The van der Waals surface area contributed by atoms with Crippen molar-refractivity contribution in [1.29, 1.82) is 0 Å². The third-order valence-corrected chi connectivity index (χ3v) is 4.82. The fourth-order valence-corrected chi connectivity index (χ4v) is 3.37. The topological polar surface area (TPSA) is 89.3 Å². The summed E-state index contributed by atoms with van der Waals surface area (Å²) >= 11 is 0. The molecular weight excluding hydrogens is 280 g/mol. The highest BCUT2D eigenvalue weighted by atomic mass is 32.2. The molecule has 0 radical (unpaired) electrons. The molecule has 0 aliphatic rings. The minimum Gasteiger partial charge on any atom is -0.476 e. The molecule has 1 heterocycles. The summed E-state index contributed by atoms with van der Waals surface area (Å²) in [6, 6.07) is 6.91. The standard InChI is InChI=1S/C13H16N2O4S/c1-2-8-20(18,19)9-7-15-11-6-4-3-5-10(11)12(14-15)13(16)17/h3-6H,2,7-9H2,1H3,(H,16,17). The van der Waals surface area contributed by atoms with Gasteiger partial charge in [-0.25, -0.2) is 13.2 Å². The van der Waals surface area contributed by atoms with Gasteiger partial charge in [0.1, 0.15) is 0 Å². The van der Waals surface area contributed by atoms with Crippen molar-refractivity contribution in [3.8, 4) is 0 Å². The van der Waals surface area contributed by atoms with Crippen molar-refractivity contribution in [1.82, 2.24) is 9.78 Å². The molecule has 6 nitrogen and oxygen atoms in total. The lowest BCUT2D eigenvalue weighted by Crippen LogP contribution is -2.16. The van der Waals surface area contributed by atoms with Gasteiger partial charge in [-0.15, -0.1) is 0 Å². The number of aromatic carboxylic acids is 1. The third-order valence-electron chi connectivity index (χ3n) is 2.99. The van der Waals surface area contributed by atoms with Crippen LogP contribution < -0.4 is 0 Å². The molecule has 0 aliphatic heterocycles. The number of sulfone groups is 1. The Kier molecular flexibility index (Phi) is 4.08. The van der Waals surface area contributed by atoms with Gasteiger partial charge in [-0.1, -0.05) is 25.1 Å². The van der Waals surface area contributed by atoms with Crippen molar-refractivity contribution in [2.75, 3.05) is 11.5 Å². The average Bonchev–Trinajstić information content (AvgIpc) is 2.75. The van der Waals surface area contributed by atoms with Crippen molar-refractivity contribution in [2.24, 2.45) is 0 Å². The van der Waals surface area contributed by atoms with Gasteiger partial charge in [0.15, 0.2) is 15.5 Å². The molecule has 7 heteroatoms. The Bertz CT molecular complexity index is 734. The van der Waals surface area contributed by atoms with Crippen LogP contribution in [-0.4, -0.2) is 40.8 Å². The molecule has 0 aliphatic carbocycles. The molecule has 0 bridgehead atoms. The lowest BCUT2D eigenvalue weighted by Gasteiger charge is -2.04. The van der Waals surface area contributed by atoms with Crippen LogP contribution in [0.25, 0.3) is 10.9 Å². The van der Waals surface area contributed by atoms with Crippen molar-refractivity contribution in [2.45, 2.75) is 19.9 Å². The van der Waals surface area contributed by atoms with Gasteiger partial charge in [-0.2, -0.15) is 5.10 Å². The smallest absolute Gasteiger partial charge is 0.357 e. The van der Waals surface area contributed by atoms with Gasteiger partial charge in [0.05, 0.1) is 17.8 Å². The Morgan fingerprint density at radius 1 is 1.30 bits per heavy atom. The van der Waals surface area contributed by atoms with Gasteiger partial charge >= 0.3 is 5.97 Å². The van der Waals surface area contributed by atoms with Gasteiger partial charge in [0.2, 0.25) is 0 Å². The Labute approximate surface area is 116 Å². The van der Waals surface area contributed by atoms with E-state index in [9.17, 15) is 13.2 Å². The Morgan fingerprint density at radius 2 is 2.00 bits per heavy atom. The Balaban J connectivity index is 2.34. The van der Waals surface area contributed by atoms with Crippen LogP contribution >= 0.6 is 0 Å². The summed E-state index contributed by atoms with van der Waals surface area (Å²) in [6.45, 7) is 1.97. The molecule has 0 saturated carbocycles. The van der Waals surface area contributed by atoms with E-state index in [0.717, 1.165) is 0 Å². The zero-order valence-corrected chi connectivity index (χ0v) is 11.9. The molecule has 2 aromatic rings. The number of benzene rings is 1. The quantitative estimate of drug-likeness (QED) is 0.873. The van der Waals surface area contributed by atoms with Crippen LogP contribution in [0.5, 0.6) is 0 Å². The highest BCUT2D eigenvalue weighted by molar-refractivity contribution is 7.91. The number of carboxylic acids is 1. The second kappa shape index (κ2) is 5.62. The first-order valence-corrected chi connectivity index (χ1v) is 8.16. The van der Waals surface area contributed by atoms with E-state index in [2.05, 4.69) is 5.10 Å². The maximum atomic E-state index is 11.7. The molecule has 0 fully saturated rings. The first kappa shape index (κ1) is 14.5. The number of carboxylic acid groups (broad SMARTS) is 1. The monoisotopic (exact) mass is 296 g/mol. The van der Waals surface area contributed by atoms with Crippen molar-refractivity contribution in [3.63, 3.8) is 0 Å². The SMILES string of the molecule is CCCS(=O)(=O)CCn1nc(C(=O)O)c2ccccc21. The van der Waals surface area contributed by atoms with Crippen LogP contribution in [0.1, 0.15) is 23.8 Å². The van der Waals surface area contributed by atoms with Gasteiger partial charge in [-0.3, -0.25) is 4.68 Å². The number of hydrogen-bond acceptors (Lipinski definition) is 4. The third kappa shape index (κ3) is 2.98. The zero-order chi connectivity index (χ0) is 14.8. The molecule has 1 aromatic carbocycles. The molecule has 0 atom stereocenters. The number of aryl methyl sites for hydroxylation is 1. The van der Waals surface area contributed by atoms with Crippen LogP contribution in [0.3, 0.4) is 0 Å². The molecular formula is C13H16N2O4S. The molecule has 0 unspecified atom stereocenters. The van der Waals surface area contributed by atoms with Crippen LogP contribution in [0.2, 0.25) is 0 Å². The Morgan fingerprint density at radius 3 is 2.65 bits per heavy atom. The van der Waals surface area contributed by atoms with E-state index in [1.54, 1.807) is 24.3 Å². The van der Waals surface area contributed by atoms with E-state index in [0.29, 0.717) is 17.3 Å². The Hall–Kier alpha value is -1.89. The summed E-state index contributed by atoms with van der Waals surface area (Å²) in [5.41, 5.74) is 0.588. The summed E-state index contributed by atoms with van der Waals surface area (Å²) < 4.78 is 24.9. The van der Waals surface area contributed by atoms with Crippen molar-refractivity contribution < 1.29 is 18.3 Å². The largest absolute Gasteiger partial charge is 0.476 e. The fourth-order valence-electron chi connectivity index (χ4n) is 2.09. The van der Waals surface area contributed by atoms with E-state index in [1.807, 2.05) is 6.92 Å². The average molecular weight is 296 g/mol. The lowest BCUT2D eigenvalue weighted by molar-refractivity contribution is 0.0691.